The second-order valence-electron chi connectivity index (χ2n) is 11.4. The van der Waals surface area contributed by atoms with Gasteiger partial charge in [-0.25, -0.2) is 19.2 Å². The van der Waals surface area contributed by atoms with Gasteiger partial charge in [-0.3, -0.25) is 14.5 Å². The van der Waals surface area contributed by atoms with Gasteiger partial charge in [-0.15, -0.1) is 0 Å². The predicted molar refractivity (Wildman–Crippen MR) is 154 cm³/mol. The Bertz CT molecular complexity index is 1370. The van der Waals surface area contributed by atoms with E-state index in [4.69, 9.17) is 5.73 Å². The van der Waals surface area contributed by atoms with Crippen LogP contribution in [0.1, 0.15) is 69.2 Å². The molecule has 0 bridgehead atoms. The molecule has 1 unspecified atom stereocenters. The number of nitrogens with zero attached hydrogens (tertiary/aromatic N) is 3. The van der Waals surface area contributed by atoms with Crippen molar-refractivity contribution < 1.29 is 18.8 Å². The van der Waals surface area contributed by atoms with E-state index in [1.54, 1.807) is 18.2 Å². The Kier molecular flexibility index (Phi) is 8.28. The molecule has 1 heterocycles. The van der Waals surface area contributed by atoms with Gasteiger partial charge < -0.3 is 5.73 Å². The van der Waals surface area contributed by atoms with Crippen molar-refractivity contribution in [1.82, 2.24) is 10.0 Å². The number of primary amides is 1. The van der Waals surface area contributed by atoms with E-state index in [-0.39, 0.29) is 18.2 Å². The molecule has 4 amide bonds. The molecule has 1 fully saturated rings. The van der Waals surface area contributed by atoms with E-state index < -0.39 is 35.4 Å². The molecule has 3 atom stereocenters. The zero-order valence-corrected chi connectivity index (χ0v) is 23.7. The van der Waals surface area contributed by atoms with Crippen LogP contribution < -0.4 is 10.6 Å². The lowest BCUT2D eigenvalue weighted by molar-refractivity contribution is -0.181. The summed E-state index contributed by atoms with van der Waals surface area (Å²) in [6.07, 6.45) is 0.724. The van der Waals surface area contributed by atoms with E-state index in [1.165, 1.54) is 34.0 Å². The molecule has 1 aliphatic heterocycles. The van der Waals surface area contributed by atoms with Crippen LogP contribution in [0.15, 0.2) is 78.9 Å². The number of carbonyl (C=O) groups is 3. The number of aryl methyl sites for hydroxylation is 1. The normalized spacial score (nSPS) is 19.6. The fourth-order valence-corrected chi connectivity index (χ4v) is 5.74. The molecule has 0 radical (unpaired) electrons. The molecular weight excluding hydrogens is 507 g/mol. The van der Waals surface area contributed by atoms with Gasteiger partial charge in [0.15, 0.2) is 0 Å². The largest absolute Gasteiger partial charge is 0.351 e. The Morgan fingerprint density at radius 1 is 0.925 bits per heavy atom. The Hall–Kier alpha value is -4.20. The minimum atomic E-state index is -1.00. The van der Waals surface area contributed by atoms with E-state index in [0.29, 0.717) is 17.7 Å². The van der Waals surface area contributed by atoms with Gasteiger partial charge in [0.1, 0.15) is 11.9 Å². The van der Waals surface area contributed by atoms with Crippen LogP contribution >= 0.6 is 0 Å². The highest BCUT2D eigenvalue weighted by atomic mass is 19.1. The average Bonchev–Trinajstić information content (AvgIpc) is 3.02. The van der Waals surface area contributed by atoms with Crippen LogP contribution in [0.2, 0.25) is 0 Å². The second-order valence-corrected chi connectivity index (χ2v) is 11.4. The summed E-state index contributed by atoms with van der Waals surface area (Å²) in [5.41, 5.74) is 8.28. The first-order valence-electron chi connectivity index (χ1n) is 13.5. The van der Waals surface area contributed by atoms with Crippen LogP contribution in [0.25, 0.3) is 0 Å². The fourth-order valence-electron chi connectivity index (χ4n) is 5.74. The summed E-state index contributed by atoms with van der Waals surface area (Å²) < 4.78 is 14.0. The molecule has 0 spiro atoms. The summed E-state index contributed by atoms with van der Waals surface area (Å²) in [4.78, 5) is 42.4. The molecule has 40 heavy (non-hydrogen) atoms. The average molecular weight is 545 g/mol. The van der Waals surface area contributed by atoms with Gasteiger partial charge in [-0.05, 0) is 87.4 Å². The molecule has 2 N–H and O–H groups in total. The monoisotopic (exact) mass is 544 g/mol. The lowest BCUT2D eigenvalue weighted by Gasteiger charge is -2.47. The van der Waals surface area contributed by atoms with Crippen molar-refractivity contribution in [3.05, 3.63) is 101 Å². The number of hydrogen-bond acceptors (Lipinski definition) is 3. The molecule has 210 valence electrons. The van der Waals surface area contributed by atoms with Crippen LogP contribution in [0.5, 0.6) is 0 Å². The van der Waals surface area contributed by atoms with Crippen molar-refractivity contribution >= 4 is 23.5 Å². The number of halogens is 1. The van der Waals surface area contributed by atoms with Gasteiger partial charge >= 0.3 is 6.03 Å². The van der Waals surface area contributed by atoms with Gasteiger partial charge in [0.25, 0.3) is 5.91 Å². The maximum atomic E-state index is 14.8. The third-order valence-corrected chi connectivity index (χ3v) is 7.33. The van der Waals surface area contributed by atoms with Crippen molar-refractivity contribution in [2.75, 3.05) is 4.90 Å². The van der Waals surface area contributed by atoms with Crippen molar-refractivity contribution in [2.24, 2.45) is 5.73 Å². The van der Waals surface area contributed by atoms with Gasteiger partial charge in [-0.1, -0.05) is 54.6 Å². The molecule has 0 saturated carbocycles. The maximum absolute atomic E-state index is 14.8. The first-order chi connectivity index (χ1) is 18.9. The molecule has 4 rings (SSSR count). The second kappa shape index (κ2) is 11.5. The number of rotatable bonds is 5. The molecule has 0 aliphatic carbocycles. The number of hydrogen-bond donors (Lipinski definition) is 1. The summed E-state index contributed by atoms with van der Waals surface area (Å²) in [6, 6.07) is 20.7. The van der Waals surface area contributed by atoms with Gasteiger partial charge in [0.05, 0.1) is 11.6 Å². The van der Waals surface area contributed by atoms with Gasteiger partial charge in [0, 0.05) is 12.6 Å². The number of nitrogens with two attached hydrogens (primary N) is 1. The Morgan fingerprint density at radius 2 is 1.57 bits per heavy atom. The number of benzene rings is 3. The first kappa shape index (κ1) is 28.8. The van der Waals surface area contributed by atoms with Crippen LogP contribution in [0.3, 0.4) is 0 Å². The minimum absolute atomic E-state index is 0.185. The molecule has 1 aliphatic rings. The molecule has 0 aromatic heterocycles. The van der Waals surface area contributed by atoms with Crippen molar-refractivity contribution in [3.63, 3.8) is 0 Å². The zero-order valence-electron chi connectivity index (χ0n) is 23.7. The number of hydrazine groups is 1. The zero-order chi connectivity index (χ0) is 29.2. The lowest BCUT2D eigenvalue weighted by atomic mass is 9.86. The van der Waals surface area contributed by atoms with Gasteiger partial charge in [-0.2, -0.15) is 0 Å². The van der Waals surface area contributed by atoms with E-state index >= 15 is 0 Å². The lowest BCUT2D eigenvalue weighted by Crippen LogP contribution is -2.62. The SMILES string of the molecule is CC(=O)N(N1C(=O)[C@H](N(C(N)=O)c2cccc(C)c2)C[C@H](c2ccccc2)CC1c1ccc(F)cc1)C(C)(C)C. The van der Waals surface area contributed by atoms with E-state index in [1.807, 2.05) is 76.2 Å². The summed E-state index contributed by atoms with van der Waals surface area (Å²) in [5, 5.41) is 2.94. The van der Waals surface area contributed by atoms with E-state index in [0.717, 1.165) is 11.1 Å². The smallest absolute Gasteiger partial charge is 0.320 e. The highest BCUT2D eigenvalue weighted by molar-refractivity contribution is 6.00. The van der Waals surface area contributed by atoms with Gasteiger partial charge in [0.2, 0.25) is 5.91 Å². The summed E-state index contributed by atoms with van der Waals surface area (Å²) in [5.74, 6) is -1.34. The topological polar surface area (TPSA) is 87.0 Å². The summed E-state index contributed by atoms with van der Waals surface area (Å²) in [6.45, 7) is 8.87. The Morgan fingerprint density at radius 3 is 2.12 bits per heavy atom. The molecule has 1 saturated heterocycles. The molecule has 8 heteroatoms. The van der Waals surface area contributed by atoms with Crippen molar-refractivity contribution in [2.45, 2.75) is 71.0 Å². The summed E-state index contributed by atoms with van der Waals surface area (Å²) >= 11 is 0. The van der Waals surface area contributed by atoms with Crippen LogP contribution in [0.4, 0.5) is 14.9 Å². The molecule has 3 aromatic carbocycles. The Labute approximate surface area is 235 Å². The predicted octanol–water partition coefficient (Wildman–Crippen LogP) is 6.10. The first-order valence-corrected chi connectivity index (χ1v) is 13.5. The van der Waals surface area contributed by atoms with Crippen molar-refractivity contribution in [3.8, 4) is 0 Å². The van der Waals surface area contributed by atoms with Crippen LogP contribution in [-0.4, -0.2) is 39.4 Å². The fraction of sp³-hybridized carbons (Fsp3) is 0.344. The minimum Gasteiger partial charge on any atom is -0.351 e. The number of urea groups is 1. The standard InChI is InChI=1S/C32H37FN4O3/c1-21-10-9-13-27(18-21)35(31(34)40)29-20-25(23-11-7-6-8-12-23)19-28(24-14-16-26(33)17-15-24)36(30(29)39)37(22(2)38)32(3,4)5/h6-18,25,28-29H,19-20H2,1-5H3,(H2,34,40)/t25-,28?,29-/m1/s1. The molecule has 3 aromatic rings. The van der Waals surface area contributed by atoms with Crippen LogP contribution in [0, 0.1) is 12.7 Å². The highest BCUT2D eigenvalue weighted by Crippen LogP contribution is 2.43. The van der Waals surface area contributed by atoms with E-state index in [9.17, 15) is 18.8 Å². The quantitative estimate of drug-likeness (QED) is 0.421. The van der Waals surface area contributed by atoms with Crippen molar-refractivity contribution in [1.29, 1.82) is 0 Å². The molecular formula is C32H37FN4O3. The molecule has 7 nitrogen and oxygen atoms in total. The van der Waals surface area contributed by atoms with Crippen LogP contribution in [-0.2, 0) is 9.59 Å². The third kappa shape index (κ3) is 6.01. The summed E-state index contributed by atoms with van der Waals surface area (Å²) in [7, 11) is 0. The number of amides is 4. The highest BCUT2D eigenvalue weighted by Gasteiger charge is 2.47. The third-order valence-electron chi connectivity index (χ3n) is 7.33. The maximum Gasteiger partial charge on any atom is 0.320 e. The number of carbonyl (C=O) groups excluding carboxylic acids is 3. The number of anilines is 1. The van der Waals surface area contributed by atoms with E-state index in [2.05, 4.69) is 0 Å². The Balaban J connectivity index is 1.97.